The van der Waals surface area contributed by atoms with Gasteiger partial charge in [-0.2, -0.15) is 0 Å². The summed E-state index contributed by atoms with van der Waals surface area (Å²) in [5.41, 5.74) is 0.897. The van der Waals surface area contributed by atoms with E-state index in [0.717, 1.165) is 6.07 Å². The minimum Gasteiger partial charge on any atom is -0.469 e. The molecule has 1 aromatic heterocycles. The van der Waals surface area contributed by atoms with Crippen molar-refractivity contribution >= 4 is 11.6 Å². The van der Waals surface area contributed by atoms with E-state index < -0.39 is 17.0 Å². The zero-order valence-corrected chi connectivity index (χ0v) is 9.26. The Morgan fingerprint density at radius 3 is 2.56 bits per heavy atom. The Labute approximate surface area is 96.6 Å². The second kappa shape index (κ2) is 4.26. The smallest absolute Gasteiger partial charge is 0.131 e. The monoisotopic (exact) mass is 242 g/mol. The maximum atomic E-state index is 13.4. The lowest BCUT2D eigenvalue weighted by molar-refractivity contribution is 0.531. The first kappa shape index (κ1) is 11.1. The van der Waals surface area contributed by atoms with E-state index in [1.165, 1.54) is 18.4 Å². The molecule has 0 aliphatic carbocycles. The quantitative estimate of drug-likeness (QED) is 0.720. The van der Waals surface area contributed by atoms with E-state index in [9.17, 15) is 8.78 Å². The van der Waals surface area contributed by atoms with E-state index in [2.05, 4.69) is 0 Å². The van der Waals surface area contributed by atoms with Gasteiger partial charge in [0.05, 0.1) is 11.6 Å². The predicted molar refractivity (Wildman–Crippen MR) is 57.5 cm³/mol. The number of aryl methyl sites for hydroxylation is 1. The molecule has 0 fully saturated rings. The third-order valence-corrected chi connectivity index (χ3v) is 2.77. The molecule has 0 radical (unpaired) electrons. The molecule has 0 aliphatic rings. The van der Waals surface area contributed by atoms with Crippen molar-refractivity contribution in [2.45, 2.75) is 12.3 Å². The summed E-state index contributed by atoms with van der Waals surface area (Å²) in [5, 5.41) is -0.668. The number of furan rings is 1. The van der Waals surface area contributed by atoms with Gasteiger partial charge >= 0.3 is 0 Å². The SMILES string of the molecule is Cc1cc(C(Cl)c2ccc(F)cc2F)co1. The van der Waals surface area contributed by atoms with Crippen LogP contribution in [0.15, 0.2) is 34.9 Å². The second-order valence-corrected chi connectivity index (χ2v) is 3.96. The molecule has 2 rings (SSSR count). The van der Waals surface area contributed by atoms with Crippen molar-refractivity contribution in [3.05, 3.63) is 59.1 Å². The van der Waals surface area contributed by atoms with Crippen LogP contribution in [-0.4, -0.2) is 0 Å². The van der Waals surface area contributed by atoms with Crippen LogP contribution in [0.25, 0.3) is 0 Å². The van der Waals surface area contributed by atoms with Gasteiger partial charge in [0.15, 0.2) is 0 Å². The molecule has 84 valence electrons. The van der Waals surface area contributed by atoms with Crippen molar-refractivity contribution in [1.82, 2.24) is 0 Å². The zero-order chi connectivity index (χ0) is 11.7. The predicted octanol–water partition coefficient (Wildman–Crippen LogP) is 4.19. The fourth-order valence-corrected chi connectivity index (χ4v) is 1.77. The van der Waals surface area contributed by atoms with E-state index in [-0.39, 0.29) is 5.56 Å². The molecular formula is C12H9ClF2O. The van der Waals surface area contributed by atoms with Gasteiger partial charge in [-0.1, -0.05) is 6.07 Å². The normalized spacial score (nSPS) is 12.8. The number of alkyl halides is 1. The molecule has 0 aliphatic heterocycles. The molecule has 0 amide bonds. The summed E-state index contributed by atoms with van der Waals surface area (Å²) in [6.45, 7) is 1.77. The summed E-state index contributed by atoms with van der Waals surface area (Å²) in [5.74, 6) is -0.574. The van der Waals surface area contributed by atoms with Gasteiger partial charge in [-0.3, -0.25) is 0 Å². The van der Waals surface area contributed by atoms with Crippen molar-refractivity contribution in [2.75, 3.05) is 0 Å². The summed E-state index contributed by atoms with van der Waals surface area (Å²) in [7, 11) is 0. The van der Waals surface area contributed by atoms with Gasteiger partial charge < -0.3 is 4.42 Å². The number of hydrogen-bond acceptors (Lipinski definition) is 1. The molecular weight excluding hydrogens is 234 g/mol. The summed E-state index contributed by atoms with van der Waals surface area (Å²) >= 11 is 6.08. The molecule has 2 aromatic rings. The fraction of sp³-hybridized carbons (Fsp3) is 0.167. The molecule has 0 bridgehead atoms. The molecule has 1 heterocycles. The molecule has 1 aromatic carbocycles. The highest BCUT2D eigenvalue weighted by molar-refractivity contribution is 6.22. The number of halogens is 3. The van der Waals surface area contributed by atoms with Crippen molar-refractivity contribution in [1.29, 1.82) is 0 Å². The highest BCUT2D eigenvalue weighted by Gasteiger charge is 2.17. The summed E-state index contributed by atoms with van der Waals surface area (Å²) in [6.07, 6.45) is 1.47. The highest BCUT2D eigenvalue weighted by Crippen LogP contribution is 2.31. The van der Waals surface area contributed by atoms with Crippen LogP contribution in [0, 0.1) is 18.6 Å². The molecule has 0 saturated carbocycles. The molecule has 0 saturated heterocycles. The lowest BCUT2D eigenvalue weighted by atomic mass is 10.1. The van der Waals surface area contributed by atoms with Crippen LogP contribution >= 0.6 is 11.6 Å². The summed E-state index contributed by atoms with van der Waals surface area (Å²) in [4.78, 5) is 0. The van der Waals surface area contributed by atoms with Gasteiger partial charge in [-0.05, 0) is 19.1 Å². The van der Waals surface area contributed by atoms with E-state index in [0.29, 0.717) is 11.3 Å². The number of rotatable bonds is 2. The Morgan fingerprint density at radius 2 is 2.00 bits per heavy atom. The van der Waals surface area contributed by atoms with Gasteiger partial charge in [0, 0.05) is 17.2 Å². The van der Waals surface area contributed by atoms with E-state index >= 15 is 0 Å². The average molecular weight is 243 g/mol. The first-order chi connectivity index (χ1) is 7.58. The first-order valence-electron chi connectivity index (χ1n) is 4.72. The van der Waals surface area contributed by atoms with Crippen molar-refractivity contribution in [2.24, 2.45) is 0 Å². The fourth-order valence-electron chi connectivity index (χ4n) is 1.48. The average Bonchev–Trinajstić information content (AvgIpc) is 2.64. The first-order valence-corrected chi connectivity index (χ1v) is 5.15. The van der Waals surface area contributed by atoms with Gasteiger partial charge in [-0.25, -0.2) is 8.78 Å². The van der Waals surface area contributed by atoms with Crippen LogP contribution in [0.4, 0.5) is 8.78 Å². The molecule has 1 atom stereocenters. The van der Waals surface area contributed by atoms with Gasteiger partial charge in [-0.15, -0.1) is 11.6 Å². The van der Waals surface area contributed by atoms with Crippen LogP contribution < -0.4 is 0 Å². The van der Waals surface area contributed by atoms with Crippen LogP contribution in [0.5, 0.6) is 0 Å². The topological polar surface area (TPSA) is 13.1 Å². The Kier molecular flexibility index (Phi) is 2.97. The Bertz CT molecular complexity index is 507. The molecule has 4 heteroatoms. The molecule has 0 N–H and O–H groups in total. The maximum Gasteiger partial charge on any atom is 0.131 e. The van der Waals surface area contributed by atoms with E-state index in [1.54, 1.807) is 13.0 Å². The minimum atomic E-state index is -0.668. The second-order valence-electron chi connectivity index (χ2n) is 3.52. The Balaban J connectivity index is 2.37. The zero-order valence-electron chi connectivity index (χ0n) is 8.51. The van der Waals surface area contributed by atoms with Crippen LogP contribution in [-0.2, 0) is 0 Å². The summed E-state index contributed by atoms with van der Waals surface area (Å²) < 4.78 is 31.2. The minimum absolute atomic E-state index is 0.240. The highest BCUT2D eigenvalue weighted by atomic mass is 35.5. The standard InChI is InChI=1S/C12H9ClF2O/c1-7-4-8(6-16-7)12(13)10-3-2-9(14)5-11(10)15/h2-6,12H,1H3. The van der Waals surface area contributed by atoms with E-state index in [1.807, 2.05) is 0 Å². The van der Waals surface area contributed by atoms with Crippen molar-refractivity contribution < 1.29 is 13.2 Å². The largest absolute Gasteiger partial charge is 0.469 e. The molecule has 1 unspecified atom stereocenters. The molecule has 0 spiro atoms. The maximum absolute atomic E-state index is 13.4. The Morgan fingerprint density at radius 1 is 1.25 bits per heavy atom. The molecule has 16 heavy (non-hydrogen) atoms. The number of benzene rings is 1. The van der Waals surface area contributed by atoms with Crippen LogP contribution in [0.2, 0.25) is 0 Å². The third-order valence-electron chi connectivity index (χ3n) is 2.28. The van der Waals surface area contributed by atoms with Crippen molar-refractivity contribution in [3.63, 3.8) is 0 Å². The van der Waals surface area contributed by atoms with Crippen LogP contribution in [0.3, 0.4) is 0 Å². The van der Waals surface area contributed by atoms with Gasteiger partial charge in [0.25, 0.3) is 0 Å². The lowest BCUT2D eigenvalue weighted by Gasteiger charge is -2.08. The number of hydrogen-bond donors (Lipinski definition) is 0. The Hall–Kier alpha value is -1.35. The van der Waals surface area contributed by atoms with Crippen molar-refractivity contribution in [3.8, 4) is 0 Å². The third kappa shape index (κ3) is 2.09. The summed E-state index contributed by atoms with van der Waals surface area (Å²) in [6, 6.07) is 5.06. The molecule has 1 nitrogen and oxygen atoms in total. The van der Waals surface area contributed by atoms with Gasteiger partial charge in [0.1, 0.15) is 17.4 Å². The van der Waals surface area contributed by atoms with E-state index in [4.69, 9.17) is 16.0 Å². The van der Waals surface area contributed by atoms with Crippen LogP contribution in [0.1, 0.15) is 22.3 Å². The lowest BCUT2D eigenvalue weighted by Crippen LogP contribution is -1.96. The van der Waals surface area contributed by atoms with Gasteiger partial charge in [0.2, 0.25) is 0 Å².